The summed E-state index contributed by atoms with van der Waals surface area (Å²) in [7, 11) is 0. The molecule has 1 aliphatic rings. The number of rotatable bonds is 3. The molecule has 1 amide bonds. The third-order valence-corrected chi connectivity index (χ3v) is 3.78. The van der Waals surface area contributed by atoms with E-state index in [0.29, 0.717) is 12.2 Å². The van der Waals surface area contributed by atoms with Crippen LogP contribution in [0.5, 0.6) is 0 Å². The van der Waals surface area contributed by atoms with E-state index in [1.807, 2.05) is 6.07 Å². The Morgan fingerprint density at radius 2 is 2.16 bits per heavy atom. The van der Waals surface area contributed by atoms with Gasteiger partial charge in [0.25, 0.3) is 0 Å². The highest BCUT2D eigenvalue weighted by Crippen LogP contribution is 2.38. The molecule has 1 aliphatic carbocycles. The SMILES string of the molecule is N#Cc1cc(F)ccc1NC(=O)C1(CN)CCCC1. The smallest absolute Gasteiger partial charge is 0.231 e. The molecule has 19 heavy (non-hydrogen) atoms. The average molecular weight is 261 g/mol. The largest absolute Gasteiger partial charge is 0.329 e. The van der Waals surface area contributed by atoms with E-state index in [4.69, 9.17) is 11.0 Å². The van der Waals surface area contributed by atoms with Crippen LogP contribution in [0, 0.1) is 22.6 Å². The minimum absolute atomic E-state index is 0.124. The van der Waals surface area contributed by atoms with Crippen LogP contribution >= 0.6 is 0 Å². The first-order valence-corrected chi connectivity index (χ1v) is 6.32. The van der Waals surface area contributed by atoms with E-state index >= 15 is 0 Å². The highest BCUT2D eigenvalue weighted by molar-refractivity contribution is 5.96. The number of hydrogen-bond donors (Lipinski definition) is 2. The number of nitriles is 1. The first-order chi connectivity index (χ1) is 9.11. The lowest BCUT2D eigenvalue weighted by atomic mass is 9.85. The molecule has 5 heteroatoms. The van der Waals surface area contributed by atoms with Crippen LogP contribution in [0.15, 0.2) is 18.2 Å². The Hall–Kier alpha value is -1.93. The lowest BCUT2D eigenvalue weighted by Gasteiger charge is -2.25. The number of carbonyl (C=O) groups is 1. The fraction of sp³-hybridized carbons (Fsp3) is 0.429. The van der Waals surface area contributed by atoms with Crippen LogP contribution in [0.25, 0.3) is 0 Å². The summed E-state index contributed by atoms with van der Waals surface area (Å²) in [5, 5.41) is 11.7. The molecule has 2 rings (SSSR count). The van der Waals surface area contributed by atoms with Crippen molar-refractivity contribution in [3.8, 4) is 6.07 Å². The Morgan fingerprint density at radius 3 is 2.74 bits per heavy atom. The Kier molecular flexibility index (Phi) is 3.82. The second kappa shape index (κ2) is 5.37. The van der Waals surface area contributed by atoms with Crippen LogP contribution in [-0.2, 0) is 4.79 Å². The van der Waals surface area contributed by atoms with Gasteiger partial charge in [-0.05, 0) is 31.0 Å². The Balaban J connectivity index is 2.22. The van der Waals surface area contributed by atoms with Crippen LogP contribution in [-0.4, -0.2) is 12.5 Å². The van der Waals surface area contributed by atoms with Gasteiger partial charge in [0.1, 0.15) is 11.9 Å². The number of nitrogens with two attached hydrogens (primary N) is 1. The number of anilines is 1. The van der Waals surface area contributed by atoms with Crippen LogP contribution < -0.4 is 11.1 Å². The highest BCUT2D eigenvalue weighted by Gasteiger charge is 2.39. The van der Waals surface area contributed by atoms with E-state index < -0.39 is 11.2 Å². The molecule has 0 spiro atoms. The van der Waals surface area contributed by atoms with Crippen molar-refractivity contribution < 1.29 is 9.18 Å². The Morgan fingerprint density at radius 1 is 1.47 bits per heavy atom. The van der Waals surface area contributed by atoms with Gasteiger partial charge in [-0.15, -0.1) is 0 Å². The predicted octanol–water partition coefficient (Wildman–Crippen LogP) is 2.15. The maximum atomic E-state index is 13.0. The molecule has 0 atom stereocenters. The van der Waals surface area contributed by atoms with E-state index in [-0.39, 0.29) is 11.5 Å². The van der Waals surface area contributed by atoms with Crippen LogP contribution in [0.2, 0.25) is 0 Å². The maximum Gasteiger partial charge on any atom is 0.231 e. The first kappa shape index (κ1) is 13.5. The molecule has 0 radical (unpaired) electrons. The third-order valence-electron chi connectivity index (χ3n) is 3.78. The van der Waals surface area contributed by atoms with Crippen molar-refractivity contribution in [3.05, 3.63) is 29.6 Å². The van der Waals surface area contributed by atoms with Crippen molar-refractivity contribution in [3.63, 3.8) is 0 Å². The lowest BCUT2D eigenvalue weighted by molar-refractivity contribution is -0.124. The molecule has 0 unspecified atom stereocenters. The minimum atomic E-state index is -0.541. The normalized spacial score (nSPS) is 16.9. The van der Waals surface area contributed by atoms with Crippen molar-refractivity contribution in [2.24, 2.45) is 11.1 Å². The van der Waals surface area contributed by atoms with Gasteiger partial charge in [-0.1, -0.05) is 12.8 Å². The van der Waals surface area contributed by atoms with Gasteiger partial charge in [0.2, 0.25) is 5.91 Å². The Bertz CT molecular complexity index is 530. The van der Waals surface area contributed by atoms with Gasteiger partial charge < -0.3 is 11.1 Å². The van der Waals surface area contributed by atoms with Gasteiger partial charge in [0.05, 0.1) is 16.7 Å². The molecule has 1 aromatic carbocycles. The zero-order valence-electron chi connectivity index (χ0n) is 10.6. The van der Waals surface area contributed by atoms with Crippen molar-refractivity contribution in [2.75, 3.05) is 11.9 Å². The first-order valence-electron chi connectivity index (χ1n) is 6.32. The van der Waals surface area contributed by atoms with Crippen LogP contribution in [0.1, 0.15) is 31.2 Å². The second-order valence-corrected chi connectivity index (χ2v) is 4.95. The number of nitrogens with zero attached hydrogens (tertiary/aromatic N) is 1. The molecule has 0 saturated heterocycles. The standard InChI is InChI=1S/C14H16FN3O/c15-11-3-4-12(10(7-11)8-16)18-13(19)14(9-17)5-1-2-6-14/h3-4,7H,1-2,5-6,9,17H2,(H,18,19). The number of nitrogens with one attached hydrogen (secondary N) is 1. The van der Waals surface area contributed by atoms with Gasteiger partial charge in [-0.25, -0.2) is 4.39 Å². The maximum absolute atomic E-state index is 13.0. The molecule has 0 aromatic heterocycles. The van der Waals surface area contributed by atoms with E-state index in [2.05, 4.69) is 5.32 Å². The van der Waals surface area contributed by atoms with E-state index in [0.717, 1.165) is 31.7 Å². The van der Waals surface area contributed by atoms with Crippen molar-refractivity contribution in [2.45, 2.75) is 25.7 Å². The number of halogens is 1. The van der Waals surface area contributed by atoms with Crippen LogP contribution in [0.4, 0.5) is 10.1 Å². The topological polar surface area (TPSA) is 78.9 Å². The molecular formula is C14H16FN3O. The molecule has 0 bridgehead atoms. The second-order valence-electron chi connectivity index (χ2n) is 4.95. The van der Waals surface area contributed by atoms with Gasteiger partial charge in [-0.2, -0.15) is 5.26 Å². The molecule has 1 aromatic rings. The fourth-order valence-electron chi connectivity index (χ4n) is 2.55. The highest BCUT2D eigenvalue weighted by atomic mass is 19.1. The summed E-state index contributed by atoms with van der Waals surface area (Å²) in [5.41, 5.74) is 5.66. The molecule has 4 nitrogen and oxygen atoms in total. The molecule has 100 valence electrons. The third kappa shape index (κ3) is 2.59. The summed E-state index contributed by atoms with van der Waals surface area (Å²) in [4.78, 5) is 12.3. The van der Waals surface area contributed by atoms with E-state index in [1.54, 1.807) is 0 Å². The molecule has 0 heterocycles. The molecule has 0 aliphatic heterocycles. The van der Waals surface area contributed by atoms with Crippen molar-refractivity contribution in [1.29, 1.82) is 5.26 Å². The van der Waals surface area contributed by atoms with Crippen molar-refractivity contribution >= 4 is 11.6 Å². The summed E-state index contributed by atoms with van der Waals surface area (Å²) in [6.07, 6.45) is 3.50. The van der Waals surface area contributed by atoms with E-state index in [9.17, 15) is 9.18 Å². The molecule has 1 saturated carbocycles. The van der Waals surface area contributed by atoms with Gasteiger partial charge in [-0.3, -0.25) is 4.79 Å². The summed E-state index contributed by atoms with van der Waals surface area (Å²) in [5.74, 6) is -0.667. The summed E-state index contributed by atoms with van der Waals surface area (Å²) in [6, 6.07) is 5.62. The predicted molar refractivity (Wildman–Crippen MR) is 69.7 cm³/mol. The monoisotopic (exact) mass is 261 g/mol. The van der Waals surface area contributed by atoms with Gasteiger partial charge in [0.15, 0.2) is 0 Å². The van der Waals surface area contributed by atoms with Gasteiger partial charge >= 0.3 is 0 Å². The Labute approximate surface area is 111 Å². The van der Waals surface area contributed by atoms with E-state index in [1.165, 1.54) is 12.1 Å². The fourth-order valence-corrected chi connectivity index (χ4v) is 2.55. The van der Waals surface area contributed by atoms with Gasteiger partial charge in [0, 0.05) is 6.54 Å². The molecular weight excluding hydrogens is 245 g/mol. The zero-order chi connectivity index (χ0) is 13.9. The summed E-state index contributed by atoms with van der Waals surface area (Å²) < 4.78 is 13.0. The quantitative estimate of drug-likeness (QED) is 0.875. The molecule has 1 fully saturated rings. The summed E-state index contributed by atoms with van der Waals surface area (Å²) in [6.45, 7) is 0.294. The minimum Gasteiger partial charge on any atom is -0.329 e. The zero-order valence-corrected chi connectivity index (χ0v) is 10.6. The lowest BCUT2D eigenvalue weighted by Crippen LogP contribution is -2.40. The van der Waals surface area contributed by atoms with Crippen molar-refractivity contribution in [1.82, 2.24) is 0 Å². The number of hydrogen-bond acceptors (Lipinski definition) is 3. The number of benzene rings is 1. The summed E-state index contributed by atoms with van der Waals surface area (Å²) >= 11 is 0. The average Bonchev–Trinajstić information content (AvgIpc) is 2.90. The number of amides is 1. The number of carbonyl (C=O) groups excluding carboxylic acids is 1. The molecule has 3 N–H and O–H groups in total. The van der Waals surface area contributed by atoms with Crippen LogP contribution in [0.3, 0.4) is 0 Å².